The normalized spacial score (nSPS) is 17.6. The molecule has 2 atom stereocenters. The lowest BCUT2D eigenvalue weighted by molar-refractivity contribution is 0.377. The Labute approximate surface area is 48.6 Å². The average molecular weight is 118 g/mol. The summed E-state index contributed by atoms with van der Waals surface area (Å²) in [7, 11) is -1.50. The molecule has 0 spiro atoms. The molecule has 4 nitrogen and oxygen atoms in total. The highest BCUT2D eigenvalue weighted by Crippen LogP contribution is 1.84. The highest BCUT2D eigenvalue weighted by Gasteiger charge is 2.21. The van der Waals surface area contributed by atoms with E-state index in [2.05, 4.69) is 0 Å². The second-order valence-electron chi connectivity index (χ2n) is 1.85. The molecule has 0 rings (SSSR count). The Morgan fingerprint density at radius 2 is 1.75 bits per heavy atom. The maximum atomic E-state index is 8.34. The van der Waals surface area contributed by atoms with Crippen LogP contribution in [0.15, 0.2) is 0 Å². The van der Waals surface area contributed by atoms with Crippen LogP contribution in [-0.2, 0) is 0 Å². The summed E-state index contributed by atoms with van der Waals surface area (Å²) >= 11 is 0. The molecule has 0 aliphatic rings. The molecule has 0 aliphatic heterocycles. The zero-order chi connectivity index (χ0) is 6.73. The Kier molecular flexibility index (Phi) is 3.00. The van der Waals surface area contributed by atoms with Gasteiger partial charge in [0, 0.05) is 6.04 Å². The van der Waals surface area contributed by atoms with Crippen molar-refractivity contribution in [2.75, 3.05) is 0 Å². The van der Waals surface area contributed by atoms with E-state index in [1.54, 1.807) is 6.92 Å². The van der Waals surface area contributed by atoms with Crippen LogP contribution in [0.25, 0.3) is 0 Å². The largest absolute Gasteiger partial charge is 0.470 e. The fourth-order valence-corrected chi connectivity index (χ4v) is 0.272. The van der Waals surface area contributed by atoms with Gasteiger partial charge in [-0.3, -0.25) is 0 Å². The van der Waals surface area contributed by atoms with Crippen LogP contribution in [0.3, 0.4) is 0 Å². The monoisotopic (exact) mass is 118 g/mol. The lowest BCUT2D eigenvalue weighted by atomic mass is 9.76. The molecule has 0 saturated heterocycles. The minimum atomic E-state index is -1.50. The van der Waals surface area contributed by atoms with Gasteiger partial charge >= 0.3 is 7.12 Å². The summed E-state index contributed by atoms with van der Waals surface area (Å²) < 4.78 is 0. The van der Waals surface area contributed by atoms with Crippen LogP contribution in [0, 0.1) is 0 Å². The van der Waals surface area contributed by atoms with Crippen LogP contribution in [0.5, 0.6) is 0 Å². The molecule has 0 fully saturated rings. The van der Waals surface area contributed by atoms with Gasteiger partial charge in [-0.15, -0.1) is 0 Å². The van der Waals surface area contributed by atoms with Crippen molar-refractivity contribution >= 4 is 7.12 Å². The number of hydrogen-bond acceptors (Lipinski definition) is 4. The summed E-state index contributed by atoms with van der Waals surface area (Å²) in [5, 5.41) is 16.7. The van der Waals surface area contributed by atoms with E-state index < -0.39 is 13.1 Å². The highest BCUT2D eigenvalue weighted by atomic mass is 16.4. The van der Waals surface area contributed by atoms with E-state index in [0.717, 1.165) is 0 Å². The van der Waals surface area contributed by atoms with E-state index in [9.17, 15) is 0 Å². The smallest absolute Gasteiger partial charge is 0.426 e. The standard InChI is InChI=1S/C3H11BN2O2/c1-2(5)3(6)4(7)8/h2-3,7-8H,5-6H2,1H3. The average Bonchev–Trinajstić information content (AvgIpc) is 1.64. The van der Waals surface area contributed by atoms with Crippen molar-refractivity contribution in [1.29, 1.82) is 0 Å². The summed E-state index contributed by atoms with van der Waals surface area (Å²) in [5.74, 6) is -0.741. The fraction of sp³-hybridized carbons (Fsp3) is 1.00. The van der Waals surface area contributed by atoms with Crippen molar-refractivity contribution < 1.29 is 10.0 Å². The molecule has 8 heavy (non-hydrogen) atoms. The van der Waals surface area contributed by atoms with Gasteiger partial charge in [0.2, 0.25) is 0 Å². The van der Waals surface area contributed by atoms with Crippen LogP contribution in [-0.4, -0.2) is 29.1 Å². The third-order valence-corrected chi connectivity index (χ3v) is 0.951. The lowest BCUT2D eigenvalue weighted by Crippen LogP contribution is -2.50. The van der Waals surface area contributed by atoms with Crippen LogP contribution >= 0.6 is 0 Å². The van der Waals surface area contributed by atoms with Gasteiger partial charge in [-0.2, -0.15) is 0 Å². The molecule has 48 valence electrons. The van der Waals surface area contributed by atoms with Gasteiger partial charge in [0.1, 0.15) is 0 Å². The Morgan fingerprint density at radius 3 is 1.75 bits per heavy atom. The van der Waals surface area contributed by atoms with Gasteiger partial charge in [0.05, 0.1) is 5.94 Å². The van der Waals surface area contributed by atoms with Crippen LogP contribution in [0.1, 0.15) is 6.92 Å². The number of nitrogens with two attached hydrogens (primary N) is 2. The lowest BCUT2D eigenvalue weighted by Gasteiger charge is -2.12. The molecule has 0 radical (unpaired) electrons. The quantitative estimate of drug-likeness (QED) is 0.306. The zero-order valence-corrected chi connectivity index (χ0v) is 4.78. The molecule has 0 saturated carbocycles. The van der Waals surface area contributed by atoms with Gasteiger partial charge in [-0.05, 0) is 6.92 Å². The van der Waals surface area contributed by atoms with Gasteiger partial charge in [0.15, 0.2) is 0 Å². The Morgan fingerprint density at radius 1 is 1.38 bits per heavy atom. The second-order valence-corrected chi connectivity index (χ2v) is 1.85. The Balaban J connectivity index is 3.46. The van der Waals surface area contributed by atoms with E-state index in [0.29, 0.717) is 0 Å². The Hall–Kier alpha value is -0.0951. The second kappa shape index (κ2) is 3.04. The van der Waals surface area contributed by atoms with Crippen molar-refractivity contribution in [3.8, 4) is 0 Å². The molecule has 6 N–H and O–H groups in total. The fourth-order valence-electron chi connectivity index (χ4n) is 0.272. The summed E-state index contributed by atoms with van der Waals surface area (Å²) in [6, 6.07) is -0.380. The van der Waals surface area contributed by atoms with E-state index >= 15 is 0 Å². The third kappa shape index (κ3) is 2.27. The molecule has 0 bridgehead atoms. The van der Waals surface area contributed by atoms with E-state index in [1.807, 2.05) is 0 Å². The molecule has 0 aromatic rings. The van der Waals surface area contributed by atoms with Crippen LogP contribution in [0.4, 0.5) is 0 Å². The van der Waals surface area contributed by atoms with Gasteiger partial charge in [-0.1, -0.05) is 0 Å². The molecule has 0 aliphatic carbocycles. The predicted molar refractivity (Wildman–Crippen MR) is 31.8 cm³/mol. The van der Waals surface area contributed by atoms with Crippen molar-refractivity contribution in [3.05, 3.63) is 0 Å². The van der Waals surface area contributed by atoms with Crippen molar-refractivity contribution in [2.45, 2.75) is 18.9 Å². The highest BCUT2D eigenvalue weighted by molar-refractivity contribution is 6.43. The number of hydrogen-bond donors (Lipinski definition) is 4. The first-order chi connectivity index (χ1) is 3.55. The number of rotatable bonds is 2. The minimum Gasteiger partial charge on any atom is -0.426 e. The van der Waals surface area contributed by atoms with Crippen molar-refractivity contribution in [2.24, 2.45) is 11.5 Å². The minimum absolute atomic E-state index is 0.380. The maximum Gasteiger partial charge on any atom is 0.470 e. The summed E-state index contributed by atoms with van der Waals surface area (Å²) in [5.41, 5.74) is 10.3. The predicted octanol–water partition coefficient (Wildman–Crippen LogP) is -2.33. The SMILES string of the molecule is CC(N)C(N)B(O)O. The summed E-state index contributed by atoms with van der Waals surface area (Å²) in [6.45, 7) is 1.62. The maximum absolute atomic E-state index is 8.34. The molecule has 0 aromatic heterocycles. The van der Waals surface area contributed by atoms with Crippen molar-refractivity contribution in [1.82, 2.24) is 0 Å². The van der Waals surface area contributed by atoms with E-state index in [-0.39, 0.29) is 6.04 Å². The zero-order valence-electron chi connectivity index (χ0n) is 4.78. The first-order valence-electron chi connectivity index (χ1n) is 2.43. The molecule has 5 heteroatoms. The van der Waals surface area contributed by atoms with Crippen molar-refractivity contribution in [3.63, 3.8) is 0 Å². The summed E-state index contributed by atoms with van der Waals surface area (Å²) in [6.07, 6.45) is 0. The van der Waals surface area contributed by atoms with E-state index in [4.69, 9.17) is 21.5 Å². The van der Waals surface area contributed by atoms with Gasteiger partial charge in [-0.25, -0.2) is 0 Å². The molecular formula is C3H11BN2O2. The van der Waals surface area contributed by atoms with Crippen LogP contribution in [0.2, 0.25) is 0 Å². The third-order valence-electron chi connectivity index (χ3n) is 0.951. The summed E-state index contributed by atoms with van der Waals surface area (Å²) in [4.78, 5) is 0. The molecule has 2 unspecified atom stereocenters. The first kappa shape index (κ1) is 7.90. The van der Waals surface area contributed by atoms with Crippen LogP contribution < -0.4 is 11.5 Å². The molecule has 0 amide bonds. The topological polar surface area (TPSA) is 92.5 Å². The van der Waals surface area contributed by atoms with Gasteiger partial charge in [0.25, 0.3) is 0 Å². The molecular weight excluding hydrogens is 107 g/mol. The van der Waals surface area contributed by atoms with Gasteiger partial charge < -0.3 is 21.5 Å². The molecule has 0 aromatic carbocycles. The first-order valence-corrected chi connectivity index (χ1v) is 2.43. The van der Waals surface area contributed by atoms with E-state index in [1.165, 1.54) is 0 Å². The molecule has 0 heterocycles. The Bertz CT molecular complexity index is 60.3.